The predicted molar refractivity (Wildman–Crippen MR) is 108 cm³/mol. The molecule has 2 fully saturated rings. The number of halogens is 1. The summed E-state index contributed by atoms with van der Waals surface area (Å²) in [5.41, 5.74) is 1.09. The molecule has 1 amide bonds. The molecule has 27 heavy (non-hydrogen) atoms. The first-order chi connectivity index (χ1) is 13.1. The molecular formula is C21H33FN4O. The summed E-state index contributed by atoms with van der Waals surface area (Å²) in [6.45, 7) is 12.3. The number of piperazine rings is 1. The fourth-order valence-corrected chi connectivity index (χ4v) is 4.21. The molecular weight excluding hydrogens is 343 g/mol. The number of likely N-dealkylation sites (N-methyl/N-ethyl adjacent to an activating group) is 1. The minimum absolute atomic E-state index is 0.186. The Balaban J connectivity index is 1.50. The van der Waals surface area contributed by atoms with E-state index in [0.717, 1.165) is 64.5 Å². The molecule has 2 saturated heterocycles. The average molecular weight is 377 g/mol. The lowest BCUT2D eigenvalue weighted by Crippen LogP contribution is -2.56. The van der Waals surface area contributed by atoms with Gasteiger partial charge >= 0.3 is 0 Å². The minimum Gasteiger partial charge on any atom is -0.369 e. The van der Waals surface area contributed by atoms with Crippen molar-refractivity contribution in [3.8, 4) is 0 Å². The van der Waals surface area contributed by atoms with Crippen LogP contribution in [0.4, 0.5) is 10.1 Å². The molecule has 2 aliphatic rings. The van der Waals surface area contributed by atoms with Crippen LogP contribution in [0.15, 0.2) is 24.3 Å². The van der Waals surface area contributed by atoms with Crippen LogP contribution in [0.3, 0.4) is 0 Å². The number of benzene rings is 1. The van der Waals surface area contributed by atoms with Crippen LogP contribution in [0.2, 0.25) is 0 Å². The summed E-state index contributed by atoms with van der Waals surface area (Å²) in [5.74, 6) is 0.0856. The maximum atomic E-state index is 13.1. The smallest absolute Gasteiger partial charge is 0.236 e. The summed E-state index contributed by atoms with van der Waals surface area (Å²) in [7, 11) is 0. The zero-order valence-electron chi connectivity index (χ0n) is 16.7. The van der Waals surface area contributed by atoms with E-state index < -0.39 is 0 Å². The van der Waals surface area contributed by atoms with Gasteiger partial charge in [-0.3, -0.25) is 14.6 Å². The monoisotopic (exact) mass is 376 g/mol. The van der Waals surface area contributed by atoms with Crippen molar-refractivity contribution in [3.05, 3.63) is 30.1 Å². The van der Waals surface area contributed by atoms with Crippen LogP contribution in [0, 0.1) is 5.82 Å². The van der Waals surface area contributed by atoms with Gasteiger partial charge in [-0.25, -0.2) is 4.39 Å². The highest BCUT2D eigenvalue weighted by atomic mass is 19.1. The average Bonchev–Trinajstić information content (AvgIpc) is 2.72. The van der Waals surface area contributed by atoms with Crippen molar-refractivity contribution in [1.82, 2.24) is 14.7 Å². The quantitative estimate of drug-likeness (QED) is 0.762. The summed E-state index contributed by atoms with van der Waals surface area (Å²) in [5, 5.41) is 0. The standard InChI is InChI=1S/C21H33FN4O/c1-3-23(4-2)17-21(27)26-11-5-6-20(16-26)25-14-12-24(13-15-25)19-9-7-18(22)8-10-19/h7-10,20H,3-6,11-17H2,1-2H3. The zero-order chi connectivity index (χ0) is 19.2. The Morgan fingerprint density at radius 1 is 1.07 bits per heavy atom. The van der Waals surface area contributed by atoms with Gasteiger partial charge in [0.2, 0.25) is 5.91 Å². The lowest BCUT2D eigenvalue weighted by molar-refractivity contribution is -0.134. The molecule has 0 bridgehead atoms. The largest absolute Gasteiger partial charge is 0.369 e. The summed E-state index contributed by atoms with van der Waals surface area (Å²) in [6, 6.07) is 7.25. The second-order valence-electron chi connectivity index (χ2n) is 7.60. The first-order valence-electron chi connectivity index (χ1n) is 10.4. The van der Waals surface area contributed by atoms with E-state index in [1.165, 1.54) is 18.6 Å². The SMILES string of the molecule is CCN(CC)CC(=O)N1CCCC(N2CCN(c3ccc(F)cc3)CC2)C1. The van der Waals surface area contributed by atoms with E-state index in [0.29, 0.717) is 12.6 Å². The molecule has 5 nitrogen and oxygen atoms in total. The predicted octanol–water partition coefficient (Wildman–Crippen LogP) is 2.28. The maximum Gasteiger partial charge on any atom is 0.236 e. The van der Waals surface area contributed by atoms with Gasteiger partial charge in [-0.15, -0.1) is 0 Å². The van der Waals surface area contributed by atoms with Crippen LogP contribution in [0.1, 0.15) is 26.7 Å². The van der Waals surface area contributed by atoms with Gasteiger partial charge in [0.25, 0.3) is 0 Å². The number of anilines is 1. The molecule has 0 saturated carbocycles. The molecule has 1 atom stereocenters. The highest BCUT2D eigenvalue weighted by Gasteiger charge is 2.30. The van der Waals surface area contributed by atoms with Gasteiger partial charge in [-0.05, 0) is 50.2 Å². The van der Waals surface area contributed by atoms with Crippen molar-refractivity contribution < 1.29 is 9.18 Å². The normalized spacial score (nSPS) is 21.7. The summed E-state index contributed by atoms with van der Waals surface area (Å²) >= 11 is 0. The van der Waals surface area contributed by atoms with Crippen molar-refractivity contribution in [1.29, 1.82) is 0 Å². The van der Waals surface area contributed by atoms with Crippen molar-refractivity contribution in [2.75, 3.05) is 63.8 Å². The van der Waals surface area contributed by atoms with Crippen LogP contribution in [0.25, 0.3) is 0 Å². The van der Waals surface area contributed by atoms with Crippen molar-refractivity contribution in [2.45, 2.75) is 32.7 Å². The summed E-state index contributed by atoms with van der Waals surface area (Å²) in [4.78, 5) is 21.8. The Kier molecular flexibility index (Phi) is 7.07. The number of carbonyl (C=O) groups is 1. The van der Waals surface area contributed by atoms with Gasteiger partial charge in [0.15, 0.2) is 0 Å². The highest BCUT2D eigenvalue weighted by molar-refractivity contribution is 5.78. The first-order valence-corrected chi connectivity index (χ1v) is 10.4. The molecule has 150 valence electrons. The van der Waals surface area contributed by atoms with Crippen LogP contribution < -0.4 is 4.90 Å². The third-order valence-corrected chi connectivity index (χ3v) is 6.02. The Labute approximate surface area is 162 Å². The lowest BCUT2D eigenvalue weighted by atomic mass is 10.0. The van der Waals surface area contributed by atoms with E-state index in [1.54, 1.807) is 0 Å². The molecule has 2 heterocycles. The number of hydrogen-bond donors (Lipinski definition) is 0. The van der Waals surface area contributed by atoms with Crippen LogP contribution in [0.5, 0.6) is 0 Å². The first kappa shape index (κ1) is 20.1. The third-order valence-electron chi connectivity index (χ3n) is 6.02. The second kappa shape index (κ2) is 9.51. The highest BCUT2D eigenvalue weighted by Crippen LogP contribution is 2.21. The van der Waals surface area contributed by atoms with Crippen molar-refractivity contribution >= 4 is 11.6 Å². The number of piperidine rings is 1. The van der Waals surface area contributed by atoms with E-state index in [9.17, 15) is 9.18 Å². The summed E-state index contributed by atoms with van der Waals surface area (Å²) in [6.07, 6.45) is 2.26. The van der Waals surface area contributed by atoms with E-state index in [4.69, 9.17) is 0 Å². The van der Waals surface area contributed by atoms with Gasteiger partial charge < -0.3 is 9.80 Å². The number of nitrogens with zero attached hydrogens (tertiary/aromatic N) is 4. The van der Waals surface area contributed by atoms with Gasteiger partial charge in [0, 0.05) is 51.0 Å². The molecule has 0 aliphatic carbocycles. The molecule has 2 aliphatic heterocycles. The van der Waals surface area contributed by atoms with E-state index >= 15 is 0 Å². The Morgan fingerprint density at radius 3 is 2.37 bits per heavy atom. The Hall–Kier alpha value is -1.66. The fraction of sp³-hybridized carbons (Fsp3) is 0.667. The van der Waals surface area contributed by atoms with E-state index in [1.807, 2.05) is 12.1 Å². The molecule has 3 rings (SSSR count). The van der Waals surface area contributed by atoms with Gasteiger partial charge in [-0.2, -0.15) is 0 Å². The lowest BCUT2D eigenvalue weighted by Gasteiger charge is -2.44. The number of carbonyl (C=O) groups excluding carboxylic acids is 1. The van der Waals surface area contributed by atoms with Crippen molar-refractivity contribution in [3.63, 3.8) is 0 Å². The van der Waals surface area contributed by atoms with Crippen molar-refractivity contribution in [2.24, 2.45) is 0 Å². The zero-order valence-corrected chi connectivity index (χ0v) is 16.7. The Morgan fingerprint density at radius 2 is 1.74 bits per heavy atom. The second-order valence-corrected chi connectivity index (χ2v) is 7.60. The fourth-order valence-electron chi connectivity index (χ4n) is 4.21. The van der Waals surface area contributed by atoms with E-state index in [2.05, 4.69) is 33.4 Å². The molecule has 0 aromatic heterocycles. The number of hydrogen-bond acceptors (Lipinski definition) is 4. The molecule has 1 unspecified atom stereocenters. The number of amides is 1. The molecule has 0 radical (unpaired) electrons. The topological polar surface area (TPSA) is 30.0 Å². The molecule has 1 aromatic rings. The van der Waals surface area contributed by atoms with Crippen LogP contribution in [-0.2, 0) is 4.79 Å². The maximum absolute atomic E-state index is 13.1. The molecule has 1 aromatic carbocycles. The Bertz CT molecular complexity index is 597. The third kappa shape index (κ3) is 5.20. The van der Waals surface area contributed by atoms with Gasteiger partial charge in [0.05, 0.1) is 6.54 Å². The van der Waals surface area contributed by atoms with Crippen LogP contribution >= 0.6 is 0 Å². The molecule has 0 N–H and O–H groups in total. The minimum atomic E-state index is -0.186. The summed E-state index contributed by atoms with van der Waals surface area (Å²) < 4.78 is 13.1. The van der Waals surface area contributed by atoms with Gasteiger partial charge in [-0.1, -0.05) is 13.8 Å². The van der Waals surface area contributed by atoms with Crippen LogP contribution in [-0.4, -0.2) is 85.6 Å². The molecule has 0 spiro atoms. The molecule has 6 heteroatoms. The number of likely N-dealkylation sites (tertiary alicyclic amines) is 1. The van der Waals surface area contributed by atoms with Gasteiger partial charge in [0.1, 0.15) is 5.82 Å². The van der Waals surface area contributed by atoms with E-state index in [-0.39, 0.29) is 11.7 Å². The number of rotatable bonds is 6.